The van der Waals surface area contributed by atoms with Gasteiger partial charge in [0.2, 0.25) is 5.91 Å². The van der Waals surface area contributed by atoms with Crippen molar-refractivity contribution in [3.8, 4) is 0 Å². The lowest BCUT2D eigenvalue weighted by Crippen LogP contribution is -2.51. The molecule has 2 unspecified atom stereocenters. The van der Waals surface area contributed by atoms with Crippen LogP contribution < -0.4 is 10.6 Å². The number of carbonyl (C=O) groups is 1. The van der Waals surface area contributed by atoms with Crippen molar-refractivity contribution in [3.05, 3.63) is 0 Å². The van der Waals surface area contributed by atoms with Crippen LogP contribution in [0.25, 0.3) is 0 Å². The summed E-state index contributed by atoms with van der Waals surface area (Å²) in [7, 11) is 0. The van der Waals surface area contributed by atoms with E-state index in [2.05, 4.69) is 10.6 Å². The zero-order chi connectivity index (χ0) is 14.7. The standard InChI is InChI=1S/C10H14F6N2O/c11-9(12,13)3-4-17-8(19)7-2-1-6(5-18-7)10(14,15)16/h6-7,18H,1-5H2,(H,17,19). The second kappa shape index (κ2) is 5.98. The first-order chi connectivity index (χ1) is 8.59. The summed E-state index contributed by atoms with van der Waals surface area (Å²) >= 11 is 0. The smallest absolute Gasteiger partial charge is 0.354 e. The maximum Gasteiger partial charge on any atom is 0.393 e. The third-order valence-electron chi connectivity index (χ3n) is 2.90. The Balaban J connectivity index is 2.29. The van der Waals surface area contributed by atoms with Crippen molar-refractivity contribution in [3.63, 3.8) is 0 Å². The van der Waals surface area contributed by atoms with Gasteiger partial charge in [0, 0.05) is 13.1 Å². The molecule has 1 fully saturated rings. The van der Waals surface area contributed by atoms with Gasteiger partial charge in [0.15, 0.2) is 0 Å². The first kappa shape index (κ1) is 16.1. The Morgan fingerprint density at radius 3 is 2.21 bits per heavy atom. The summed E-state index contributed by atoms with van der Waals surface area (Å²) in [5.74, 6) is -2.20. The number of nitrogens with one attached hydrogen (secondary N) is 2. The Bertz CT molecular complexity index is 306. The molecule has 9 heteroatoms. The van der Waals surface area contributed by atoms with Gasteiger partial charge in [0.1, 0.15) is 0 Å². The van der Waals surface area contributed by atoms with Crippen molar-refractivity contribution in [2.24, 2.45) is 5.92 Å². The van der Waals surface area contributed by atoms with Crippen LogP contribution >= 0.6 is 0 Å². The van der Waals surface area contributed by atoms with Crippen LogP contribution in [0, 0.1) is 5.92 Å². The Morgan fingerprint density at radius 2 is 1.79 bits per heavy atom. The summed E-state index contributed by atoms with van der Waals surface area (Å²) in [6.07, 6.45) is -10.1. The van der Waals surface area contributed by atoms with E-state index >= 15 is 0 Å². The molecule has 1 aliphatic rings. The van der Waals surface area contributed by atoms with E-state index in [9.17, 15) is 31.1 Å². The van der Waals surface area contributed by atoms with Crippen LogP contribution in [0.3, 0.4) is 0 Å². The van der Waals surface area contributed by atoms with Crippen molar-refractivity contribution < 1.29 is 31.1 Å². The molecule has 0 aromatic heterocycles. The zero-order valence-electron chi connectivity index (χ0n) is 9.87. The Kier molecular flexibility index (Phi) is 5.05. The van der Waals surface area contributed by atoms with Gasteiger partial charge in [-0.15, -0.1) is 0 Å². The van der Waals surface area contributed by atoms with Gasteiger partial charge in [-0.2, -0.15) is 26.3 Å². The summed E-state index contributed by atoms with van der Waals surface area (Å²) in [6, 6.07) is -0.855. The number of rotatable bonds is 3. The highest BCUT2D eigenvalue weighted by Crippen LogP contribution is 2.31. The average molecular weight is 292 g/mol. The van der Waals surface area contributed by atoms with E-state index in [1.165, 1.54) is 0 Å². The minimum absolute atomic E-state index is 0.0397. The van der Waals surface area contributed by atoms with Crippen LogP contribution in [0.4, 0.5) is 26.3 Å². The van der Waals surface area contributed by atoms with Crippen LogP contribution in [0.1, 0.15) is 19.3 Å². The van der Waals surface area contributed by atoms with Gasteiger partial charge < -0.3 is 10.6 Å². The number of piperidine rings is 1. The molecule has 2 N–H and O–H groups in total. The highest BCUT2D eigenvalue weighted by atomic mass is 19.4. The maximum absolute atomic E-state index is 12.3. The van der Waals surface area contributed by atoms with Gasteiger partial charge in [-0.1, -0.05) is 0 Å². The van der Waals surface area contributed by atoms with Crippen molar-refractivity contribution in [2.75, 3.05) is 13.1 Å². The molecule has 3 nitrogen and oxygen atoms in total. The Hall–Kier alpha value is -0.990. The summed E-state index contributed by atoms with van der Waals surface area (Å²) in [5.41, 5.74) is 0. The molecule has 2 atom stereocenters. The van der Waals surface area contributed by atoms with E-state index in [1.54, 1.807) is 0 Å². The molecular weight excluding hydrogens is 278 g/mol. The predicted octanol–water partition coefficient (Wildman–Crippen LogP) is 1.99. The normalized spacial score (nSPS) is 25.2. The van der Waals surface area contributed by atoms with Crippen molar-refractivity contribution >= 4 is 5.91 Å². The Morgan fingerprint density at radius 1 is 1.16 bits per heavy atom. The lowest BCUT2D eigenvalue weighted by Gasteiger charge is -2.30. The molecule has 1 rings (SSSR count). The zero-order valence-corrected chi connectivity index (χ0v) is 9.87. The highest BCUT2D eigenvalue weighted by molar-refractivity contribution is 5.81. The van der Waals surface area contributed by atoms with E-state index < -0.39 is 43.2 Å². The summed E-state index contributed by atoms with van der Waals surface area (Å²) in [4.78, 5) is 11.4. The van der Waals surface area contributed by atoms with E-state index in [-0.39, 0.29) is 19.4 Å². The highest BCUT2D eigenvalue weighted by Gasteiger charge is 2.42. The molecule has 0 aliphatic carbocycles. The van der Waals surface area contributed by atoms with Crippen LogP contribution in [0.5, 0.6) is 0 Å². The van der Waals surface area contributed by atoms with E-state index in [0.29, 0.717) is 0 Å². The first-order valence-electron chi connectivity index (χ1n) is 5.74. The molecule has 19 heavy (non-hydrogen) atoms. The van der Waals surface area contributed by atoms with Gasteiger partial charge in [0.05, 0.1) is 18.4 Å². The SMILES string of the molecule is O=C(NCCC(F)(F)F)C1CCC(C(F)(F)F)CN1. The van der Waals surface area contributed by atoms with Crippen LogP contribution in [0.2, 0.25) is 0 Å². The third-order valence-corrected chi connectivity index (χ3v) is 2.90. The molecule has 0 saturated carbocycles. The molecule has 0 spiro atoms. The van der Waals surface area contributed by atoms with Crippen molar-refractivity contribution in [2.45, 2.75) is 37.7 Å². The van der Waals surface area contributed by atoms with Gasteiger partial charge in [-0.25, -0.2) is 0 Å². The predicted molar refractivity (Wildman–Crippen MR) is 54.3 cm³/mol. The molecule has 1 saturated heterocycles. The monoisotopic (exact) mass is 292 g/mol. The van der Waals surface area contributed by atoms with Crippen LogP contribution in [0.15, 0.2) is 0 Å². The van der Waals surface area contributed by atoms with Gasteiger partial charge in [-0.05, 0) is 12.8 Å². The summed E-state index contributed by atoms with van der Waals surface area (Å²) in [6.45, 7) is -0.954. The maximum atomic E-state index is 12.3. The van der Waals surface area contributed by atoms with E-state index in [1.807, 2.05) is 0 Å². The fraction of sp³-hybridized carbons (Fsp3) is 0.900. The van der Waals surface area contributed by atoms with Crippen LogP contribution in [-0.4, -0.2) is 37.4 Å². The Labute approximate surface area is 105 Å². The van der Waals surface area contributed by atoms with Gasteiger partial charge in [-0.3, -0.25) is 4.79 Å². The molecule has 0 aromatic rings. The topological polar surface area (TPSA) is 41.1 Å². The third kappa shape index (κ3) is 5.66. The number of hydrogen-bond donors (Lipinski definition) is 2. The molecular formula is C10H14F6N2O. The van der Waals surface area contributed by atoms with Crippen molar-refractivity contribution in [1.29, 1.82) is 0 Å². The fourth-order valence-electron chi connectivity index (χ4n) is 1.81. The fourth-order valence-corrected chi connectivity index (χ4v) is 1.81. The molecule has 0 bridgehead atoms. The second-order valence-corrected chi connectivity index (χ2v) is 4.43. The van der Waals surface area contributed by atoms with Gasteiger partial charge in [0.25, 0.3) is 0 Å². The molecule has 1 aliphatic heterocycles. The van der Waals surface area contributed by atoms with Crippen LogP contribution in [-0.2, 0) is 4.79 Å². The molecule has 112 valence electrons. The average Bonchev–Trinajstić information content (AvgIpc) is 2.26. The summed E-state index contributed by atoms with van der Waals surface area (Å²) in [5, 5.41) is 4.47. The second-order valence-electron chi connectivity index (χ2n) is 4.43. The molecule has 0 aromatic carbocycles. The lowest BCUT2D eigenvalue weighted by molar-refractivity contribution is -0.180. The number of alkyl halides is 6. The number of amides is 1. The quantitative estimate of drug-likeness (QED) is 0.781. The van der Waals surface area contributed by atoms with E-state index in [0.717, 1.165) is 0 Å². The number of halogens is 6. The van der Waals surface area contributed by atoms with Gasteiger partial charge >= 0.3 is 12.4 Å². The lowest BCUT2D eigenvalue weighted by atomic mass is 9.94. The van der Waals surface area contributed by atoms with Crippen molar-refractivity contribution in [1.82, 2.24) is 10.6 Å². The molecule has 0 radical (unpaired) electrons. The minimum Gasteiger partial charge on any atom is -0.354 e. The number of hydrogen-bond acceptors (Lipinski definition) is 2. The minimum atomic E-state index is -4.37. The number of carbonyl (C=O) groups excluding carboxylic acids is 1. The van der Waals surface area contributed by atoms with E-state index in [4.69, 9.17) is 0 Å². The largest absolute Gasteiger partial charge is 0.393 e. The first-order valence-corrected chi connectivity index (χ1v) is 5.74. The molecule has 1 heterocycles. The molecule has 1 amide bonds. The summed E-state index contributed by atoms with van der Waals surface area (Å²) < 4.78 is 72.5.